The first-order valence-electron chi connectivity index (χ1n) is 23.6. The predicted molar refractivity (Wildman–Crippen MR) is 220 cm³/mol. The average molecular weight is 935 g/mol. The van der Waals surface area contributed by atoms with E-state index in [1.165, 1.54) is 0 Å². The number of hydrogen-bond acceptors (Lipinski definition) is 20. The van der Waals surface area contributed by atoms with E-state index < -0.39 is 129 Å². The van der Waals surface area contributed by atoms with Gasteiger partial charge >= 0.3 is 0 Å². The van der Waals surface area contributed by atoms with E-state index in [9.17, 15) is 66.4 Å². The molecule has 8 rings (SSSR count). The third-order valence-electron chi connectivity index (χ3n) is 17.8. The van der Waals surface area contributed by atoms with Gasteiger partial charge in [-0.05, 0) is 80.5 Å². The van der Waals surface area contributed by atoms with Crippen molar-refractivity contribution in [2.75, 3.05) is 26.4 Å². The van der Waals surface area contributed by atoms with E-state index in [1.807, 2.05) is 6.92 Å². The molecule has 0 radical (unpaired) electrons. The van der Waals surface area contributed by atoms with E-state index in [1.54, 1.807) is 0 Å². The Morgan fingerprint density at radius 1 is 0.662 bits per heavy atom. The van der Waals surface area contributed by atoms with Crippen LogP contribution in [0.15, 0.2) is 12.2 Å². The van der Waals surface area contributed by atoms with Crippen molar-refractivity contribution < 1.29 is 99.5 Å². The number of rotatable bonds is 13. The van der Waals surface area contributed by atoms with Crippen LogP contribution >= 0.6 is 0 Å². The molecule has 374 valence electrons. The fourth-order valence-corrected chi connectivity index (χ4v) is 13.9. The van der Waals surface area contributed by atoms with Crippen LogP contribution in [0.4, 0.5) is 0 Å². The molecule has 65 heavy (non-hydrogen) atoms. The van der Waals surface area contributed by atoms with Crippen LogP contribution in [0.2, 0.25) is 0 Å². The molecule has 0 aromatic heterocycles. The summed E-state index contributed by atoms with van der Waals surface area (Å²) in [5.74, 6) is -1.02. The van der Waals surface area contributed by atoms with E-state index in [0.717, 1.165) is 19.3 Å². The van der Waals surface area contributed by atoms with Crippen LogP contribution in [0.5, 0.6) is 0 Å². The monoisotopic (exact) mass is 934 g/mol. The minimum atomic E-state index is -1.78. The molecule has 4 saturated carbocycles. The maximum Gasteiger partial charge on any atom is 0.187 e. The highest BCUT2D eigenvalue weighted by molar-refractivity contribution is 5.18. The molecule has 0 bridgehead atoms. The second kappa shape index (κ2) is 19.3. The number of aliphatic hydroxyl groups excluding tert-OH is 12. The van der Waals surface area contributed by atoms with E-state index >= 15 is 0 Å². The Balaban J connectivity index is 0.887. The van der Waals surface area contributed by atoms with Crippen molar-refractivity contribution in [2.45, 2.75) is 195 Å². The zero-order valence-corrected chi connectivity index (χ0v) is 37.4. The summed E-state index contributed by atoms with van der Waals surface area (Å²) >= 11 is 0. The molecule has 27 unspecified atom stereocenters. The summed E-state index contributed by atoms with van der Waals surface area (Å²) in [6.45, 7) is 8.57. The molecule has 13 N–H and O–H groups in total. The number of fused-ring (bicyclic) bond motifs is 7. The Bertz CT molecular complexity index is 1640. The average Bonchev–Trinajstić information content (AvgIpc) is 3.73. The first-order chi connectivity index (χ1) is 30.7. The molecular formula is C45H74O20. The fraction of sp³-hybridized carbons (Fsp3) is 0.956. The van der Waals surface area contributed by atoms with Crippen LogP contribution in [0, 0.1) is 46.3 Å². The maximum atomic E-state index is 12.3. The Hall–Kier alpha value is -1.06. The van der Waals surface area contributed by atoms with Gasteiger partial charge in [-0.25, -0.2) is 0 Å². The lowest BCUT2D eigenvalue weighted by Gasteiger charge is -2.62. The lowest BCUT2D eigenvalue weighted by Crippen LogP contribution is -2.65. The third-order valence-corrected chi connectivity index (χ3v) is 17.8. The zero-order valence-electron chi connectivity index (χ0n) is 37.4. The molecule has 20 heteroatoms. The fourth-order valence-electron chi connectivity index (χ4n) is 13.9. The topological polar surface area (TPSA) is 328 Å². The van der Waals surface area contributed by atoms with E-state index in [4.69, 9.17) is 33.2 Å². The highest BCUT2D eigenvalue weighted by Gasteiger charge is 2.71. The minimum Gasteiger partial charge on any atom is -0.394 e. The van der Waals surface area contributed by atoms with Crippen molar-refractivity contribution in [3.8, 4) is 0 Å². The van der Waals surface area contributed by atoms with E-state index in [-0.39, 0.29) is 60.2 Å². The van der Waals surface area contributed by atoms with Gasteiger partial charge in [0.2, 0.25) is 0 Å². The van der Waals surface area contributed by atoms with Gasteiger partial charge in [0, 0.05) is 23.7 Å². The highest BCUT2D eigenvalue weighted by atomic mass is 16.8. The summed E-state index contributed by atoms with van der Waals surface area (Å²) < 4.78 is 41.6. The van der Waals surface area contributed by atoms with Crippen LogP contribution in [-0.2, 0) is 33.2 Å². The second-order valence-electron chi connectivity index (χ2n) is 21.1. The van der Waals surface area contributed by atoms with Gasteiger partial charge in [0.15, 0.2) is 24.7 Å². The van der Waals surface area contributed by atoms with Gasteiger partial charge in [0.05, 0.1) is 44.7 Å². The summed E-state index contributed by atoms with van der Waals surface area (Å²) in [5.41, 5.74) is -0.0705. The van der Waals surface area contributed by atoms with Gasteiger partial charge < -0.3 is 99.5 Å². The molecule has 0 aromatic carbocycles. The van der Waals surface area contributed by atoms with E-state index in [0.29, 0.717) is 43.6 Å². The molecule has 0 aromatic rings. The van der Waals surface area contributed by atoms with Crippen LogP contribution in [0.25, 0.3) is 0 Å². The first kappa shape index (κ1) is 50.3. The molecule has 8 fully saturated rings. The first-order valence-corrected chi connectivity index (χ1v) is 23.6. The molecule has 4 aliphatic carbocycles. The van der Waals surface area contributed by atoms with Crippen LogP contribution in [0.3, 0.4) is 0 Å². The molecule has 4 aliphatic heterocycles. The van der Waals surface area contributed by atoms with Gasteiger partial charge in [0.25, 0.3) is 0 Å². The summed E-state index contributed by atoms with van der Waals surface area (Å²) in [5, 5.41) is 137. The summed E-state index contributed by atoms with van der Waals surface area (Å²) in [6, 6.07) is 0. The molecule has 4 saturated heterocycles. The van der Waals surface area contributed by atoms with Crippen molar-refractivity contribution in [3.05, 3.63) is 12.2 Å². The summed E-state index contributed by atoms with van der Waals surface area (Å²) in [4.78, 5) is 0. The largest absolute Gasteiger partial charge is 0.394 e. The molecule has 20 nitrogen and oxygen atoms in total. The van der Waals surface area contributed by atoms with Gasteiger partial charge in [-0.15, -0.1) is 0 Å². The molecule has 0 amide bonds. The van der Waals surface area contributed by atoms with Gasteiger partial charge in [-0.2, -0.15) is 0 Å². The highest BCUT2D eigenvalue weighted by Crippen LogP contribution is 2.71. The van der Waals surface area contributed by atoms with Crippen LogP contribution in [-0.4, -0.2) is 209 Å². The van der Waals surface area contributed by atoms with E-state index in [2.05, 4.69) is 20.4 Å². The van der Waals surface area contributed by atoms with Crippen molar-refractivity contribution >= 4 is 0 Å². The van der Waals surface area contributed by atoms with Crippen LogP contribution < -0.4 is 0 Å². The Morgan fingerprint density at radius 3 is 1.88 bits per heavy atom. The SMILES string of the molecule is C=C(CCC1(O)OC2CC3C4CCC5CC(OC6OC(CO)C(O)C(O)C6OC6OC(CO)C(O)C(O)C6O)CCC5(C)C4CC(O)C3(C)C2C1C)COC1OC(CO)C(O)C(O)C1O. The number of hydrogen-bond donors (Lipinski definition) is 13. The molecule has 8 aliphatic rings. The molecule has 4 heterocycles. The predicted octanol–water partition coefficient (Wildman–Crippen LogP) is -2.89. The summed E-state index contributed by atoms with van der Waals surface area (Å²) in [6.07, 6.45) is -18.0. The van der Waals surface area contributed by atoms with Crippen molar-refractivity contribution in [1.82, 2.24) is 0 Å². The smallest absolute Gasteiger partial charge is 0.187 e. The number of aliphatic hydroxyl groups is 13. The summed E-state index contributed by atoms with van der Waals surface area (Å²) in [7, 11) is 0. The van der Waals surface area contributed by atoms with Gasteiger partial charge in [-0.3, -0.25) is 0 Å². The lowest BCUT2D eigenvalue weighted by atomic mass is 9.43. The Kier molecular flexibility index (Phi) is 14.9. The van der Waals surface area contributed by atoms with Crippen molar-refractivity contribution in [2.24, 2.45) is 46.3 Å². The Morgan fingerprint density at radius 2 is 1.25 bits per heavy atom. The van der Waals surface area contributed by atoms with Gasteiger partial charge in [0.1, 0.15) is 73.2 Å². The molecule has 27 atom stereocenters. The molecular weight excluding hydrogens is 860 g/mol. The lowest BCUT2D eigenvalue weighted by molar-refractivity contribution is -0.373. The van der Waals surface area contributed by atoms with Crippen molar-refractivity contribution in [3.63, 3.8) is 0 Å². The maximum absolute atomic E-state index is 12.3. The standard InChI is InChI=1S/C45H74O20/c1-18(17-59-40-37(56)34(53)31(50)26(14-46)61-40)7-10-45(58)19(2)30-25(65-45)12-24-22-6-5-20-11-21(8-9-43(20,3)23(22)13-29(49)44(24,30)4)60-42-39(36(55)33(52)28(16-48)63-42)64-41-38(57)35(54)32(51)27(15-47)62-41/h19-42,46-58H,1,5-17H2,2-4H3. The van der Waals surface area contributed by atoms with Gasteiger partial charge in [-0.1, -0.05) is 32.9 Å². The second-order valence-corrected chi connectivity index (χ2v) is 21.1. The molecule has 0 spiro atoms. The number of ether oxygens (including phenoxy) is 7. The van der Waals surface area contributed by atoms with Crippen molar-refractivity contribution in [1.29, 1.82) is 0 Å². The zero-order chi connectivity index (χ0) is 47.1. The Labute approximate surface area is 378 Å². The normalized spacial score (nSPS) is 55.5. The minimum absolute atomic E-state index is 0.0690. The quantitative estimate of drug-likeness (QED) is 0.0651. The third kappa shape index (κ3) is 8.70. The van der Waals surface area contributed by atoms with Crippen LogP contribution in [0.1, 0.15) is 78.6 Å².